The van der Waals surface area contributed by atoms with Crippen molar-refractivity contribution in [3.63, 3.8) is 0 Å². The largest absolute Gasteiger partial charge is 0.479 e. The quantitative estimate of drug-likeness (QED) is 0.747. The van der Waals surface area contributed by atoms with Gasteiger partial charge in [-0.25, -0.2) is 4.79 Å². The Morgan fingerprint density at radius 3 is 2.90 bits per heavy atom. The summed E-state index contributed by atoms with van der Waals surface area (Å²) in [7, 11) is 0. The minimum Gasteiger partial charge on any atom is -0.479 e. The van der Waals surface area contributed by atoms with Crippen molar-refractivity contribution in [2.45, 2.75) is 32.2 Å². The average molecular weight is 296 g/mol. The van der Waals surface area contributed by atoms with Crippen LogP contribution in [0.1, 0.15) is 37.1 Å². The van der Waals surface area contributed by atoms with E-state index in [1.165, 1.54) is 11.3 Å². The van der Waals surface area contributed by atoms with Gasteiger partial charge in [0.1, 0.15) is 0 Å². The Labute approximate surface area is 122 Å². The number of rotatable bonds is 6. The van der Waals surface area contributed by atoms with Gasteiger partial charge in [-0.1, -0.05) is 19.4 Å². The van der Waals surface area contributed by atoms with Crippen molar-refractivity contribution in [2.24, 2.45) is 5.41 Å². The molecule has 3 N–H and O–H groups in total. The van der Waals surface area contributed by atoms with Crippen LogP contribution in [0.25, 0.3) is 0 Å². The maximum absolute atomic E-state index is 12.6. The number of amides is 1. The smallest absolute Gasteiger partial charge is 0.331 e. The molecular weight excluding hydrogens is 276 g/mol. The second kappa shape index (κ2) is 6.37. The standard InChI is InChI=1S/C14H20N2O3S/c1-2-5-14(6-7-15-9-14)13(19)16-11(12(17)18)10-4-3-8-20-10/h3-4,8,11,15H,2,5-7,9H2,1H3,(H,16,19)(H,17,18). The van der Waals surface area contributed by atoms with Gasteiger partial charge in [-0.3, -0.25) is 4.79 Å². The molecule has 2 rings (SSSR count). The second-order valence-electron chi connectivity index (χ2n) is 5.22. The van der Waals surface area contributed by atoms with Gasteiger partial charge in [0.25, 0.3) is 0 Å². The first kappa shape index (κ1) is 15.0. The highest BCUT2D eigenvalue weighted by atomic mass is 32.1. The number of carboxylic acid groups (broad SMARTS) is 1. The lowest BCUT2D eigenvalue weighted by Crippen LogP contribution is -2.45. The van der Waals surface area contributed by atoms with Gasteiger partial charge in [0.2, 0.25) is 5.91 Å². The summed E-state index contributed by atoms with van der Waals surface area (Å²) in [6.07, 6.45) is 2.46. The van der Waals surface area contributed by atoms with Crippen LogP contribution in [0.3, 0.4) is 0 Å². The first-order chi connectivity index (χ1) is 9.59. The lowest BCUT2D eigenvalue weighted by molar-refractivity contribution is -0.144. The lowest BCUT2D eigenvalue weighted by Gasteiger charge is -2.28. The highest BCUT2D eigenvalue weighted by Crippen LogP contribution is 2.32. The van der Waals surface area contributed by atoms with Crippen LogP contribution in [0.4, 0.5) is 0 Å². The predicted molar refractivity (Wildman–Crippen MR) is 77.7 cm³/mol. The summed E-state index contributed by atoms with van der Waals surface area (Å²) in [5.41, 5.74) is -0.459. The Balaban J connectivity index is 2.13. The molecule has 6 heteroatoms. The summed E-state index contributed by atoms with van der Waals surface area (Å²) >= 11 is 1.34. The van der Waals surface area contributed by atoms with E-state index in [4.69, 9.17) is 0 Å². The van der Waals surface area contributed by atoms with Crippen molar-refractivity contribution in [3.8, 4) is 0 Å². The molecule has 2 heterocycles. The molecule has 0 radical (unpaired) electrons. The van der Waals surface area contributed by atoms with Gasteiger partial charge in [-0.2, -0.15) is 0 Å². The minimum atomic E-state index is -1.02. The molecule has 1 aliphatic rings. The molecule has 1 aromatic rings. The molecular formula is C14H20N2O3S. The van der Waals surface area contributed by atoms with Crippen LogP contribution in [-0.4, -0.2) is 30.1 Å². The van der Waals surface area contributed by atoms with Gasteiger partial charge >= 0.3 is 5.97 Å². The first-order valence-electron chi connectivity index (χ1n) is 6.87. The Morgan fingerprint density at radius 1 is 1.60 bits per heavy atom. The molecule has 110 valence electrons. The van der Waals surface area contributed by atoms with Crippen LogP contribution in [0.5, 0.6) is 0 Å². The van der Waals surface area contributed by atoms with Crippen molar-refractivity contribution in [1.29, 1.82) is 0 Å². The van der Waals surface area contributed by atoms with Gasteiger partial charge in [-0.05, 0) is 30.8 Å². The second-order valence-corrected chi connectivity index (χ2v) is 6.20. The Bertz CT molecular complexity index is 467. The molecule has 2 unspecified atom stereocenters. The third kappa shape index (κ3) is 3.02. The van der Waals surface area contributed by atoms with Crippen molar-refractivity contribution >= 4 is 23.2 Å². The molecule has 1 saturated heterocycles. The number of hydrogen-bond acceptors (Lipinski definition) is 4. The summed E-state index contributed by atoms with van der Waals surface area (Å²) in [6, 6.07) is 2.58. The molecule has 1 aromatic heterocycles. The van der Waals surface area contributed by atoms with Crippen LogP contribution in [0.15, 0.2) is 17.5 Å². The third-order valence-electron chi connectivity index (χ3n) is 3.80. The first-order valence-corrected chi connectivity index (χ1v) is 7.75. The molecule has 20 heavy (non-hydrogen) atoms. The molecule has 1 amide bonds. The SMILES string of the molecule is CCCC1(C(=O)NC(C(=O)O)c2cccs2)CCNC1. The number of carboxylic acids is 1. The average Bonchev–Trinajstić information content (AvgIpc) is 3.07. The van der Waals surface area contributed by atoms with Crippen molar-refractivity contribution < 1.29 is 14.7 Å². The normalized spacial score (nSPS) is 23.4. The van der Waals surface area contributed by atoms with Crippen LogP contribution in [-0.2, 0) is 9.59 Å². The molecule has 0 spiro atoms. The van der Waals surface area contributed by atoms with Crippen molar-refractivity contribution in [1.82, 2.24) is 10.6 Å². The van der Waals surface area contributed by atoms with Gasteiger partial charge in [0.15, 0.2) is 6.04 Å². The molecule has 1 fully saturated rings. The number of hydrogen-bond donors (Lipinski definition) is 3. The topological polar surface area (TPSA) is 78.4 Å². The van der Waals surface area contributed by atoms with E-state index in [0.717, 1.165) is 25.8 Å². The fourth-order valence-electron chi connectivity index (χ4n) is 2.74. The van der Waals surface area contributed by atoms with E-state index in [1.54, 1.807) is 12.1 Å². The number of nitrogens with one attached hydrogen (secondary N) is 2. The number of carbonyl (C=O) groups excluding carboxylic acids is 1. The van der Waals surface area contributed by atoms with Crippen molar-refractivity contribution in [2.75, 3.05) is 13.1 Å². The Kier molecular flexibility index (Phi) is 4.77. The highest BCUT2D eigenvalue weighted by Gasteiger charge is 2.41. The number of aliphatic carboxylic acids is 1. The maximum Gasteiger partial charge on any atom is 0.331 e. The predicted octanol–water partition coefficient (Wildman–Crippen LogP) is 1.77. The van der Waals surface area contributed by atoms with Gasteiger partial charge in [0.05, 0.1) is 5.41 Å². The van der Waals surface area contributed by atoms with E-state index < -0.39 is 17.4 Å². The summed E-state index contributed by atoms with van der Waals surface area (Å²) in [4.78, 5) is 24.6. The van der Waals surface area contributed by atoms with E-state index >= 15 is 0 Å². The van der Waals surface area contributed by atoms with Crippen LogP contribution >= 0.6 is 11.3 Å². The Morgan fingerprint density at radius 2 is 2.40 bits per heavy atom. The van der Waals surface area contributed by atoms with Crippen LogP contribution in [0.2, 0.25) is 0 Å². The summed E-state index contributed by atoms with van der Waals surface area (Å²) in [5, 5.41) is 17.1. The molecule has 0 saturated carbocycles. The van der Waals surface area contributed by atoms with E-state index in [1.807, 2.05) is 12.3 Å². The lowest BCUT2D eigenvalue weighted by atomic mass is 9.81. The highest BCUT2D eigenvalue weighted by molar-refractivity contribution is 7.10. The fourth-order valence-corrected chi connectivity index (χ4v) is 3.50. The fraction of sp³-hybridized carbons (Fsp3) is 0.571. The molecule has 5 nitrogen and oxygen atoms in total. The molecule has 1 aliphatic heterocycles. The maximum atomic E-state index is 12.6. The zero-order valence-corrected chi connectivity index (χ0v) is 12.3. The monoisotopic (exact) mass is 296 g/mol. The molecule has 0 aliphatic carbocycles. The summed E-state index contributed by atoms with van der Waals surface area (Å²) < 4.78 is 0. The van der Waals surface area contributed by atoms with Crippen LogP contribution in [0, 0.1) is 5.41 Å². The number of thiophene rings is 1. The van der Waals surface area contributed by atoms with Gasteiger partial charge in [0, 0.05) is 11.4 Å². The van der Waals surface area contributed by atoms with Crippen LogP contribution < -0.4 is 10.6 Å². The third-order valence-corrected chi connectivity index (χ3v) is 4.74. The summed E-state index contributed by atoms with van der Waals surface area (Å²) in [6.45, 7) is 3.48. The molecule has 0 bridgehead atoms. The van der Waals surface area contributed by atoms with Gasteiger partial charge < -0.3 is 15.7 Å². The van der Waals surface area contributed by atoms with Crippen molar-refractivity contribution in [3.05, 3.63) is 22.4 Å². The van der Waals surface area contributed by atoms with E-state index in [2.05, 4.69) is 10.6 Å². The van der Waals surface area contributed by atoms with E-state index in [9.17, 15) is 14.7 Å². The zero-order chi connectivity index (χ0) is 14.6. The van der Waals surface area contributed by atoms with E-state index in [-0.39, 0.29) is 5.91 Å². The van der Waals surface area contributed by atoms with Gasteiger partial charge in [-0.15, -0.1) is 11.3 Å². The molecule has 2 atom stereocenters. The minimum absolute atomic E-state index is 0.148. The zero-order valence-electron chi connectivity index (χ0n) is 11.5. The summed E-state index contributed by atoms with van der Waals surface area (Å²) in [5.74, 6) is -1.16. The van der Waals surface area contributed by atoms with E-state index in [0.29, 0.717) is 11.4 Å². The molecule has 0 aromatic carbocycles. The number of carbonyl (C=O) groups is 2. The Hall–Kier alpha value is -1.40.